The molecule has 102 valence electrons. The van der Waals surface area contributed by atoms with E-state index in [1.54, 1.807) is 6.26 Å². The zero-order valence-electron chi connectivity index (χ0n) is 11.7. The number of furan rings is 1. The molecule has 0 radical (unpaired) electrons. The molecule has 0 aliphatic carbocycles. The molecule has 4 nitrogen and oxygen atoms in total. The second-order valence-electron chi connectivity index (χ2n) is 4.44. The van der Waals surface area contributed by atoms with Crippen LogP contribution in [0.3, 0.4) is 0 Å². The minimum absolute atomic E-state index is 0.441. The molecule has 1 aromatic rings. The molecule has 0 fully saturated rings. The second kappa shape index (κ2) is 8.61. The summed E-state index contributed by atoms with van der Waals surface area (Å²) in [6.07, 6.45) is 4.73. The van der Waals surface area contributed by atoms with Gasteiger partial charge in [-0.1, -0.05) is 13.8 Å². The van der Waals surface area contributed by atoms with Gasteiger partial charge in [-0.3, -0.25) is 4.99 Å². The number of guanidine groups is 1. The minimum atomic E-state index is 0.441. The molecule has 1 atom stereocenters. The Kier molecular flexibility index (Phi) is 6.99. The molecule has 0 bridgehead atoms. The minimum Gasteiger partial charge on any atom is -0.469 e. The van der Waals surface area contributed by atoms with Crippen molar-refractivity contribution >= 4 is 5.96 Å². The van der Waals surface area contributed by atoms with Gasteiger partial charge in [0.15, 0.2) is 5.96 Å². The monoisotopic (exact) mass is 251 g/mol. The van der Waals surface area contributed by atoms with Crippen LogP contribution in [0.4, 0.5) is 0 Å². The predicted octanol–water partition coefficient (Wildman–Crippen LogP) is 2.57. The maximum Gasteiger partial charge on any atom is 0.191 e. The van der Waals surface area contributed by atoms with Crippen LogP contribution in [0.15, 0.2) is 27.8 Å². The van der Waals surface area contributed by atoms with Gasteiger partial charge < -0.3 is 15.1 Å². The van der Waals surface area contributed by atoms with Gasteiger partial charge in [0.25, 0.3) is 0 Å². The molecule has 2 N–H and O–H groups in total. The highest BCUT2D eigenvalue weighted by Crippen LogP contribution is 1.99. The van der Waals surface area contributed by atoms with E-state index in [-0.39, 0.29) is 0 Å². The van der Waals surface area contributed by atoms with Crippen LogP contribution >= 0.6 is 0 Å². The number of hydrogen-bond acceptors (Lipinski definition) is 2. The van der Waals surface area contributed by atoms with E-state index in [9.17, 15) is 0 Å². The van der Waals surface area contributed by atoms with E-state index in [1.165, 1.54) is 0 Å². The van der Waals surface area contributed by atoms with Crippen LogP contribution < -0.4 is 10.6 Å². The molecule has 0 saturated heterocycles. The van der Waals surface area contributed by atoms with Crippen LogP contribution in [0.5, 0.6) is 0 Å². The van der Waals surface area contributed by atoms with Gasteiger partial charge in [-0.05, 0) is 31.9 Å². The lowest BCUT2D eigenvalue weighted by Crippen LogP contribution is -2.42. The van der Waals surface area contributed by atoms with Gasteiger partial charge >= 0.3 is 0 Å². The smallest absolute Gasteiger partial charge is 0.191 e. The molecule has 18 heavy (non-hydrogen) atoms. The molecule has 0 amide bonds. The second-order valence-corrected chi connectivity index (χ2v) is 4.44. The van der Waals surface area contributed by atoms with E-state index in [0.717, 1.165) is 44.1 Å². The number of aliphatic imine (C=N–C) groups is 1. The normalized spacial score (nSPS) is 13.4. The quantitative estimate of drug-likeness (QED) is 0.578. The van der Waals surface area contributed by atoms with Gasteiger partial charge in [0.05, 0.1) is 6.26 Å². The summed E-state index contributed by atoms with van der Waals surface area (Å²) in [7, 11) is 0. The molecular weight excluding hydrogens is 226 g/mol. The van der Waals surface area contributed by atoms with Crippen molar-refractivity contribution in [3.63, 3.8) is 0 Å². The fourth-order valence-electron chi connectivity index (χ4n) is 1.47. The Bertz CT molecular complexity index is 333. The molecule has 1 aromatic heterocycles. The Balaban J connectivity index is 2.35. The molecule has 1 heterocycles. The van der Waals surface area contributed by atoms with E-state index < -0.39 is 0 Å². The molecular formula is C14H25N3O. The summed E-state index contributed by atoms with van der Waals surface area (Å²) >= 11 is 0. The first kappa shape index (κ1) is 14.6. The maximum atomic E-state index is 5.30. The third-order valence-electron chi connectivity index (χ3n) is 2.73. The summed E-state index contributed by atoms with van der Waals surface area (Å²) in [6, 6.07) is 4.35. The highest BCUT2D eigenvalue weighted by Gasteiger charge is 2.03. The van der Waals surface area contributed by atoms with Crippen LogP contribution in [0.2, 0.25) is 0 Å². The lowest BCUT2D eigenvalue weighted by atomic mass is 10.3. The summed E-state index contributed by atoms with van der Waals surface area (Å²) in [6.45, 7) is 8.15. The van der Waals surface area contributed by atoms with Crippen LogP contribution in [-0.2, 0) is 6.42 Å². The van der Waals surface area contributed by atoms with Gasteiger partial charge in [-0.25, -0.2) is 0 Å². The highest BCUT2D eigenvalue weighted by atomic mass is 16.3. The summed E-state index contributed by atoms with van der Waals surface area (Å²) in [5, 5.41) is 6.73. The van der Waals surface area contributed by atoms with Gasteiger partial charge in [0.1, 0.15) is 5.76 Å². The molecule has 0 saturated carbocycles. The number of nitrogens with one attached hydrogen (secondary N) is 2. The SMILES string of the molecule is CCCN=C(NCCc1ccco1)NC(C)CC. The molecule has 4 heteroatoms. The van der Waals surface area contributed by atoms with Gasteiger partial charge in [-0.15, -0.1) is 0 Å². The van der Waals surface area contributed by atoms with Crippen molar-refractivity contribution in [2.45, 2.75) is 46.1 Å². The van der Waals surface area contributed by atoms with Crippen molar-refractivity contribution in [3.05, 3.63) is 24.2 Å². The van der Waals surface area contributed by atoms with E-state index in [4.69, 9.17) is 4.42 Å². The third kappa shape index (κ3) is 5.75. The van der Waals surface area contributed by atoms with Crippen LogP contribution in [0.25, 0.3) is 0 Å². The molecule has 0 aromatic carbocycles. The zero-order valence-corrected chi connectivity index (χ0v) is 11.7. The third-order valence-corrected chi connectivity index (χ3v) is 2.73. The summed E-state index contributed by atoms with van der Waals surface area (Å²) < 4.78 is 5.30. The highest BCUT2D eigenvalue weighted by molar-refractivity contribution is 5.80. The van der Waals surface area contributed by atoms with Crippen molar-refractivity contribution in [2.75, 3.05) is 13.1 Å². The van der Waals surface area contributed by atoms with E-state index in [1.807, 2.05) is 12.1 Å². The molecule has 1 rings (SSSR count). The molecule has 0 aliphatic rings. The van der Waals surface area contributed by atoms with Crippen molar-refractivity contribution in [3.8, 4) is 0 Å². The lowest BCUT2D eigenvalue weighted by Gasteiger charge is -2.16. The molecule has 1 unspecified atom stereocenters. The first-order valence-electron chi connectivity index (χ1n) is 6.83. The first-order chi connectivity index (χ1) is 8.76. The maximum absolute atomic E-state index is 5.30. The molecule has 0 aliphatic heterocycles. The fourth-order valence-corrected chi connectivity index (χ4v) is 1.47. The van der Waals surface area contributed by atoms with Crippen molar-refractivity contribution in [1.82, 2.24) is 10.6 Å². The lowest BCUT2D eigenvalue weighted by molar-refractivity contribution is 0.506. The average molecular weight is 251 g/mol. The van der Waals surface area contributed by atoms with Crippen LogP contribution in [0, 0.1) is 0 Å². The Morgan fingerprint density at radius 1 is 1.44 bits per heavy atom. The van der Waals surface area contributed by atoms with Crippen LogP contribution in [0.1, 0.15) is 39.4 Å². The van der Waals surface area contributed by atoms with Crippen molar-refractivity contribution < 1.29 is 4.42 Å². The zero-order chi connectivity index (χ0) is 13.2. The van der Waals surface area contributed by atoms with Gasteiger partial charge in [0, 0.05) is 25.6 Å². The van der Waals surface area contributed by atoms with Crippen molar-refractivity contribution in [2.24, 2.45) is 4.99 Å². The number of hydrogen-bond donors (Lipinski definition) is 2. The van der Waals surface area contributed by atoms with Crippen molar-refractivity contribution in [1.29, 1.82) is 0 Å². The first-order valence-corrected chi connectivity index (χ1v) is 6.83. The summed E-state index contributed by atoms with van der Waals surface area (Å²) in [5.41, 5.74) is 0. The van der Waals surface area contributed by atoms with E-state index >= 15 is 0 Å². The largest absolute Gasteiger partial charge is 0.469 e. The Morgan fingerprint density at radius 3 is 2.89 bits per heavy atom. The Morgan fingerprint density at radius 2 is 2.28 bits per heavy atom. The van der Waals surface area contributed by atoms with Gasteiger partial charge in [0.2, 0.25) is 0 Å². The average Bonchev–Trinajstić information content (AvgIpc) is 2.88. The topological polar surface area (TPSA) is 49.6 Å². The Labute approximate surface area is 110 Å². The Hall–Kier alpha value is -1.45. The summed E-state index contributed by atoms with van der Waals surface area (Å²) in [4.78, 5) is 4.51. The number of rotatable bonds is 7. The fraction of sp³-hybridized carbons (Fsp3) is 0.643. The molecule has 0 spiro atoms. The van der Waals surface area contributed by atoms with Crippen LogP contribution in [-0.4, -0.2) is 25.1 Å². The van der Waals surface area contributed by atoms with Gasteiger partial charge in [-0.2, -0.15) is 0 Å². The van der Waals surface area contributed by atoms with E-state index in [2.05, 4.69) is 36.4 Å². The standard InChI is InChI=1S/C14H25N3O/c1-4-9-15-14(17-12(3)5-2)16-10-8-13-7-6-11-18-13/h6-7,11-12H,4-5,8-10H2,1-3H3,(H2,15,16,17). The number of nitrogens with zero attached hydrogens (tertiary/aromatic N) is 1. The van der Waals surface area contributed by atoms with E-state index in [0.29, 0.717) is 6.04 Å². The predicted molar refractivity (Wildman–Crippen MR) is 75.9 cm³/mol. The summed E-state index contributed by atoms with van der Waals surface area (Å²) in [5.74, 6) is 1.90.